The van der Waals surface area contributed by atoms with Crippen LogP contribution in [0.1, 0.15) is 70.8 Å². The van der Waals surface area contributed by atoms with E-state index in [0.717, 1.165) is 37.8 Å². The number of hydrogen-bond acceptors (Lipinski definition) is 3. The second-order valence-corrected chi connectivity index (χ2v) is 10.9. The summed E-state index contributed by atoms with van der Waals surface area (Å²) in [5, 5.41) is 15.1. The molecule has 3 atom stereocenters. The van der Waals surface area contributed by atoms with Crippen molar-refractivity contribution < 1.29 is 14.6 Å². The number of aliphatic carboxylic acids is 1. The minimum atomic E-state index is -0.748. The monoisotopic (exact) mass is 480 g/mol. The Balaban J connectivity index is 2.00. The van der Waals surface area contributed by atoms with Gasteiger partial charge in [-0.05, 0) is 36.7 Å². The van der Waals surface area contributed by atoms with Gasteiger partial charge in [0.2, 0.25) is 0 Å². The van der Waals surface area contributed by atoms with Crippen LogP contribution in [0.15, 0.2) is 48.1 Å². The molecule has 5 heteroatoms. The topological polar surface area (TPSA) is 64.4 Å². The molecule has 1 heterocycles. The first-order valence-corrected chi connectivity index (χ1v) is 13.1. The van der Waals surface area contributed by atoms with Crippen molar-refractivity contribution in [3.05, 3.63) is 65.1 Å². The lowest BCUT2D eigenvalue weighted by molar-refractivity contribution is -0.149. The van der Waals surface area contributed by atoms with Crippen LogP contribution < -0.4 is 0 Å². The summed E-state index contributed by atoms with van der Waals surface area (Å²) in [4.78, 5) is 12.5. The highest BCUT2D eigenvalue weighted by atomic mass is 16.5. The third-order valence-electron chi connectivity index (χ3n) is 8.44. The van der Waals surface area contributed by atoms with Crippen LogP contribution in [0.3, 0.4) is 0 Å². The van der Waals surface area contributed by atoms with Gasteiger partial charge in [-0.1, -0.05) is 83.6 Å². The molecule has 0 radical (unpaired) electrons. The Kier molecular flexibility index (Phi) is 8.63. The lowest BCUT2D eigenvalue weighted by Crippen LogP contribution is -2.54. The Bertz CT molecular complexity index is 1030. The quantitative estimate of drug-likeness (QED) is 0.395. The van der Waals surface area contributed by atoms with Crippen LogP contribution in [0.25, 0.3) is 0 Å². The first kappa shape index (κ1) is 27.2. The molecular formula is C30H44N2O3. The molecule has 0 aromatic carbocycles. The highest BCUT2D eigenvalue weighted by molar-refractivity contribution is 5.75. The zero-order chi connectivity index (χ0) is 25.8. The van der Waals surface area contributed by atoms with Gasteiger partial charge in [0.1, 0.15) is 0 Å². The van der Waals surface area contributed by atoms with Gasteiger partial charge >= 0.3 is 5.97 Å². The van der Waals surface area contributed by atoms with Crippen molar-refractivity contribution in [2.24, 2.45) is 35.6 Å². The van der Waals surface area contributed by atoms with Crippen molar-refractivity contribution in [3.8, 4) is 0 Å². The fourth-order valence-corrected chi connectivity index (χ4v) is 6.48. The molecule has 3 rings (SSSR count). The predicted molar refractivity (Wildman–Crippen MR) is 142 cm³/mol. The highest BCUT2D eigenvalue weighted by Crippen LogP contribution is 2.61. The van der Waals surface area contributed by atoms with E-state index in [1.165, 1.54) is 16.8 Å². The maximum absolute atomic E-state index is 12.5. The van der Waals surface area contributed by atoms with E-state index in [2.05, 4.69) is 58.9 Å². The summed E-state index contributed by atoms with van der Waals surface area (Å²) in [6, 6.07) is 0. The molecule has 0 aliphatic heterocycles. The number of allylic oxidation sites excluding steroid dienone is 7. The minimum absolute atomic E-state index is 0.166. The number of nitrogens with zero attached hydrogens (tertiary/aromatic N) is 2. The van der Waals surface area contributed by atoms with Gasteiger partial charge < -0.3 is 9.84 Å². The minimum Gasteiger partial charge on any atom is -0.481 e. The van der Waals surface area contributed by atoms with E-state index in [1.54, 1.807) is 7.11 Å². The van der Waals surface area contributed by atoms with Gasteiger partial charge in [-0.3, -0.25) is 9.48 Å². The first-order valence-electron chi connectivity index (χ1n) is 13.1. The number of ether oxygens (including phenoxy) is 1. The van der Waals surface area contributed by atoms with Gasteiger partial charge in [0.05, 0.1) is 23.9 Å². The summed E-state index contributed by atoms with van der Waals surface area (Å²) in [5.74, 6) is -0.858. The van der Waals surface area contributed by atoms with Crippen LogP contribution in [-0.2, 0) is 36.0 Å². The number of hydrogen-bond donors (Lipinski definition) is 1. The molecule has 0 saturated heterocycles. The summed E-state index contributed by atoms with van der Waals surface area (Å²) < 4.78 is 7.48. The Labute approximate surface area is 211 Å². The van der Waals surface area contributed by atoms with Gasteiger partial charge in [0.15, 0.2) is 0 Å². The molecule has 0 saturated carbocycles. The summed E-state index contributed by atoms with van der Waals surface area (Å²) in [7, 11) is 3.74. The molecule has 5 nitrogen and oxygen atoms in total. The Morgan fingerprint density at radius 1 is 1.23 bits per heavy atom. The molecule has 192 valence electrons. The molecule has 2 aliphatic rings. The third kappa shape index (κ3) is 4.84. The summed E-state index contributed by atoms with van der Waals surface area (Å²) in [6.45, 7) is 11.6. The van der Waals surface area contributed by atoms with E-state index in [0.29, 0.717) is 6.61 Å². The molecule has 0 amide bonds. The summed E-state index contributed by atoms with van der Waals surface area (Å²) >= 11 is 0. The molecule has 1 aromatic rings. The number of aryl methyl sites for hydroxylation is 2. The lowest BCUT2D eigenvalue weighted by atomic mass is 9.46. The third-order valence-corrected chi connectivity index (χ3v) is 8.44. The van der Waals surface area contributed by atoms with Crippen LogP contribution in [0, 0.1) is 28.6 Å². The Morgan fingerprint density at radius 2 is 1.97 bits per heavy atom. The van der Waals surface area contributed by atoms with Crippen molar-refractivity contribution in [1.82, 2.24) is 9.78 Å². The summed E-state index contributed by atoms with van der Waals surface area (Å²) in [5.41, 5.74) is 4.07. The average Bonchev–Trinajstić information content (AvgIpc) is 3.12. The number of carboxylic acid groups (broad SMARTS) is 1. The van der Waals surface area contributed by atoms with Gasteiger partial charge in [-0.15, -0.1) is 0 Å². The standard InChI is InChI=1S/C30H44N2O3/c1-8-9-13-26-24(27(20-35-7)32(6)31-26)19-23-14-17-29(18-15-23,21(2)3)30(22(4)5)16-11-10-12-25(30)28(33)34/h10-12,14-17,21-22,25H,8-9,13,18-20H2,1-7H3,(H,33,34). The fourth-order valence-electron chi connectivity index (χ4n) is 6.48. The lowest BCUT2D eigenvalue weighted by Gasteiger charge is -2.56. The number of unbranched alkanes of at least 4 members (excludes halogenated alkanes) is 1. The fraction of sp³-hybridized carbons (Fsp3) is 0.600. The second kappa shape index (κ2) is 11.1. The van der Waals surface area contributed by atoms with Gasteiger partial charge in [-0.25, -0.2) is 0 Å². The summed E-state index contributed by atoms with van der Waals surface area (Å²) in [6.07, 6.45) is 19.8. The number of aromatic nitrogens is 2. The molecule has 3 unspecified atom stereocenters. The molecule has 1 aromatic heterocycles. The van der Waals surface area contributed by atoms with E-state index < -0.39 is 17.3 Å². The van der Waals surface area contributed by atoms with Crippen LogP contribution in [0.5, 0.6) is 0 Å². The largest absolute Gasteiger partial charge is 0.481 e. The molecule has 1 N–H and O–H groups in total. The van der Waals surface area contributed by atoms with E-state index in [9.17, 15) is 9.90 Å². The number of carbonyl (C=O) groups is 1. The second-order valence-electron chi connectivity index (χ2n) is 10.9. The van der Waals surface area contributed by atoms with Crippen LogP contribution in [-0.4, -0.2) is 28.0 Å². The number of carboxylic acids is 1. The maximum atomic E-state index is 12.5. The maximum Gasteiger partial charge on any atom is 0.311 e. The first-order chi connectivity index (χ1) is 16.6. The van der Waals surface area contributed by atoms with Crippen molar-refractivity contribution >= 4 is 5.97 Å². The zero-order valence-corrected chi connectivity index (χ0v) is 22.7. The van der Waals surface area contributed by atoms with E-state index in [-0.39, 0.29) is 17.3 Å². The number of methoxy groups -OCH3 is 1. The normalized spacial score (nSPS) is 26.1. The molecule has 2 aliphatic carbocycles. The van der Waals surface area contributed by atoms with Crippen LogP contribution in [0.4, 0.5) is 0 Å². The van der Waals surface area contributed by atoms with Crippen molar-refractivity contribution in [3.63, 3.8) is 0 Å². The van der Waals surface area contributed by atoms with Crippen molar-refractivity contribution in [2.45, 2.75) is 73.3 Å². The van der Waals surface area contributed by atoms with E-state index in [1.807, 2.05) is 30.0 Å². The molecular weight excluding hydrogens is 436 g/mol. The molecule has 0 bridgehead atoms. The van der Waals surface area contributed by atoms with Crippen molar-refractivity contribution in [1.29, 1.82) is 0 Å². The highest BCUT2D eigenvalue weighted by Gasteiger charge is 2.57. The molecule has 0 fully saturated rings. The Morgan fingerprint density at radius 3 is 2.51 bits per heavy atom. The SMILES string of the molecule is CCCCc1nn(C)c(COC)c1CC1=CCC(C(C)C)(C2(C(C)C)C=CC=CC2C(=O)O)C=C1. The van der Waals surface area contributed by atoms with Gasteiger partial charge in [0, 0.05) is 37.0 Å². The number of rotatable bonds is 11. The zero-order valence-electron chi connectivity index (χ0n) is 22.7. The molecule has 0 spiro atoms. The van der Waals surface area contributed by atoms with Crippen LogP contribution in [0.2, 0.25) is 0 Å². The van der Waals surface area contributed by atoms with Crippen molar-refractivity contribution in [2.75, 3.05) is 7.11 Å². The average molecular weight is 481 g/mol. The molecule has 35 heavy (non-hydrogen) atoms. The Hall–Kier alpha value is -2.40. The smallest absolute Gasteiger partial charge is 0.311 e. The predicted octanol–water partition coefficient (Wildman–Crippen LogP) is 6.45. The van der Waals surface area contributed by atoms with E-state index in [4.69, 9.17) is 9.84 Å². The van der Waals surface area contributed by atoms with Gasteiger partial charge in [0.25, 0.3) is 0 Å². The van der Waals surface area contributed by atoms with Gasteiger partial charge in [-0.2, -0.15) is 5.10 Å². The van der Waals surface area contributed by atoms with E-state index >= 15 is 0 Å². The van der Waals surface area contributed by atoms with Crippen LogP contribution >= 0.6 is 0 Å².